The number of anilines is 3. The number of ether oxygens (including phenoxy) is 2. The van der Waals surface area contributed by atoms with E-state index in [4.69, 9.17) is 19.4 Å². The maximum atomic E-state index is 12.3. The SMILES string of the molecule is Cc1ccc(Nc2nc(NC3CCC(NC(=O)OC(C)(C)C)CC3)c3c(OCC4CCC(N(C)C)CC4)cccc3n2)cc1C. The molecular weight excluding hydrogens is 564 g/mol. The highest BCUT2D eigenvalue weighted by atomic mass is 16.6. The summed E-state index contributed by atoms with van der Waals surface area (Å²) in [6.45, 7) is 10.6. The van der Waals surface area contributed by atoms with Gasteiger partial charge in [-0.2, -0.15) is 4.98 Å². The Balaban J connectivity index is 1.34. The van der Waals surface area contributed by atoms with E-state index in [0.717, 1.165) is 53.8 Å². The summed E-state index contributed by atoms with van der Waals surface area (Å²) in [5, 5.41) is 11.2. The number of aromatic nitrogens is 2. The molecule has 0 saturated heterocycles. The van der Waals surface area contributed by atoms with Crippen LogP contribution in [0.3, 0.4) is 0 Å². The maximum Gasteiger partial charge on any atom is 0.407 e. The van der Waals surface area contributed by atoms with Gasteiger partial charge in [-0.25, -0.2) is 9.78 Å². The van der Waals surface area contributed by atoms with Gasteiger partial charge in [0.15, 0.2) is 0 Å². The molecule has 0 spiro atoms. The molecule has 1 heterocycles. The Morgan fingerprint density at radius 3 is 2.29 bits per heavy atom. The zero-order valence-corrected chi connectivity index (χ0v) is 28.2. The number of hydrogen-bond acceptors (Lipinski definition) is 8. The molecule has 2 fully saturated rings. The van der Waals surface area contributed by atoms with Crippen molar-refractivity contribution in [1.82, 2.24) is 20.2 Å². The number of fused-ring (bicyclic) bond motifs is 1. The molecule has 2 aromatic carbocycles. The summed E-state index contributed by atoms with van der Waals surface area (Å²) in [7, 11) is 4.36. The Labute approximate surface area is 268 Å². The van der Waals surface area contributed by atoms with Gasteiger partial charge in [0.25, 0.3) is 0 Å². The van der Waals surface area contributed by atoms with Crippen molar-refractivity contribution < 1.29 is 14.3 Å². The first-order valence-corrected chi connectivity index (χ1v) is 16.6. The van der Waals surface area contributed by atoms with Gasteiger partial charge in [-0.3, -0.25) is 0 Å². The summed E-state index contributed by atoms with van der Waals surface area (Å²) < 4.78 is 12.0. The summed E-state index contributed by atoms with van der Waals surface area (Å²) in [4.78, 5) is 24.6. The van der Waals surface area contributed by atoms with E-state index in [0.29, 0.717) is 24.5 Å². The summed E-state index contributed by atoms with van der Waals surface area (Å²) in [5.41, 5.74) is 3.75. The molecule has 1 aromatic heterocycles. The lowest BCUT2D eigenvalue weighted by Crippen LogP contribution is -2.42. The molecule has 0 bridgehead atoms. The first-order chi connectivity index (χ1) is 21.4. The predicted molar refractivity (Wildman–Crippen MR) is 183 cm³/mol. The van der Waals surface area contributed by atoms with Crippen LogP contribution in [0.15, 0.2) is 36.4 Å². The third-order valence-corrected chi connectivity index (χ3v) is 9.26. The molecule has 0 aliphatic heterocycles. The Morgan fingerprint density at radius 2 is 1.62 bits per heavy atom. The van der Waals surface area contributed by atoms with Crippen molar-refractivity contribution in [1.29, 1.82) is 0 Å². The molecule has 2 aliphatic rings. The van der Waals surface area contributed by atoms with Crippen molar-refractivity contribution in [2.24, 2.45) is 5.92 Å². The number of alkyl carbamates (subject to hydrolysis) is 1. The molecule has 0 radical (unpaired) electrons. The number of hydrogen-bond donors (Lipinski definition) is 3. The first kappa shape index (κ1) is 32.8. The number of benzene rings is 2. The van der Waals surface area contributed by atoms with Crippen LogP contribution in [0.25, 0.3) is 10.9 Å². The largest absolute Gasteiger partial charge is 0.492 e. The Kier molecular flexibility index (Phi) is 10.4. The minimum atomic E-state index is -0.509. The average Bonchev–Trinajstić information content (AvgIpc) is 2.98. The summed E-state index contributed by atoms with van der Waals surface area (Å²) >= 11 is 0. The van der Waals surface area contributed by atoms with Crippen LogP contribution < -0.4 is 20.7 Å². The smallest absolute Gasteiger partial charge is 0.407 e. The van der Waals surface area contributed by atoms with Gasteiger partial charge in [-0.15, -0.1) is 0 Å². The van der Waals surface area contributed by atoms with Crippen molar-refractivity contribution in [2.75, 3.05) is 31.3 Å². The number of nitrogens with zero attached hydrogens (tertiary/aromatic N) is 3. The second kappa shape index (κ2) is 14.2. The van der Waals surface area contributed by atoms with Crippen LogP contribution in [0.1, 0.15) is 83.3 Å². The normalized spacial score (nSPS) is 22.2. The van der Waals surface area contributed by atoms with E-state index in [-0.39, 0.29) is 18.2 Å². The molecule has 9 heteroatoms. The van der Waals surface area contributed by atoms with E-state index in [9.17, 15) is 4.79 Å². The van der Waals surface area contributed by atoms with E-state index >= 15 is 0 Å². The fourth-order valence-corrected chi connectivity index (χ4v) is 6.47. The maximum absolute atomic E-state index is 12.3. The Hall–Kier alpha value is -3.59. The van der Waals surface area contributed by atoms with E-state index in [2.05, 4.69) is 67.0 Å². The van der Waals surface area contributed by atoms with E-state index < -0.39 is 5.60 Å². The number of carbonyl (C=O) groups excluding carboxylic acids is 1. The van der Waals surface area contributed by atoms with Crippen molar-refractivity contribution in [3.05, 3.63) is 47.5 Å². The zero-order valence-electron chi connectivity index (χ0n) is 28.2. The van der Waals surface area contributed by atoms with E-state index in [1.54, 1.807) is 0 Å². The van der Waals surface area contributed by atoms with Crippen LogP contribution in [0.2, 0.25) is 0 Å². The third-order valence-electron chi connectivity index (χ3n) is 9.26. The molecule has 45 heavy (non-hydrogen) atoms. The molecule has 244 valence electrons. The second-order valence-electron chi connectivity index (χ2n) is 14.3. The Bertz CT molecular complexity index is 1450. The zero-order chi connectivity index (χ0) is 32.1. The highest BCUT2D eigenvalue weighted by molar-refractivity contribution is 5.95. The molecule has 3 aromatic rings. The van der Waals surface area contributed by atoms with Gasteiger partial charge in [0.05, 0.1) is 17.5 Å². The van der Waals surface area contributed by atoms with Gasteiger partial charge < -0.3 is 30.3 Å². The predicted octanol–water partition coefficient (Wildman–Crippen LogP) is 7.74. The monoisotopic (exact) mass is 616 g/mol. The van der Waals surface area contributed by atoms with E-state index in [1.165, 1.54) is 36.8 Å². The van der Waals surface area contributed by atoms with Crippen molar-refractivity contribution in [2.45, 2.75) is 110 Å². The van der Waals surface area contributed by atoms with Crippen molar-refractivity contribution >= 4 is 34.4 Å². The molecule has 9 nitrogen and oxygen atoms in total. The fraction of sp³-hybridized carbons (Fsp3) is 0.583. The van der Waals surface area contributed by atoms with Crippen molar-refractivity contribution in [3.63, 3.8) is 0 Å². The van der Waals surface area contributed by atoms with Crippen LogP contribution in [0.4, 0.5) is 22.2 Å². The van der Waals surface area contributed by atoms with Crippen LogP contribution >= 0.6 is 0 Å². The highest BCUT2D eigenvalue weighted by Crippen LogP contribution is 2.35. The first-order valence-electron chi connectivity index (χ1n) is 16.6. The lowest BCUT2D eigenvalue weighted by Gasteiger charge is -2.32. The van der Waals surface area contributed by atoms with Crippen LogP contribution in [-0.2, 0) is 4.74 Å². The topological polar surface area (TPSA) is 101 Å². The highest BCUT2D eigenvalue weighted by Gasteiger charge is 2.27. The average molecular weight is 617 g/mol. The summed E-state index contributed by atoms with van der Waals surface area (Å²) in [6.07, 6.45) is 7.99. The summed E-state index contributed by atoms with van der Waals surface area (Å²) in [5.74, 6) is 2.70. The van der Waals surface area contributed by atoms with Crippen LogP contribution in [0.5, 0.6) is 5.75 Å². The van der Waals surface area contributed by atoms with Crippen molar-refractivity contribution in [3.8, 4) is 5.75 Å². The van der Waals surface area contributed by atoms with Gasteiger partial charge in [0.2, 0.25) is 5.95 Å². The molecular formula is C36H52N6O3. The van der Waals surface area contributed by atoms with Gasteiger partial charge >= 0.3 is 6.09 Å². The lowest BCUT2D eigenvalue weighted by molar-refractivity contribution is 0.0492. The summed E-state index contributed by atoms with van der Waals surface area (Å²) in [6, 6.07) is 13.4. The van der Waals surface area contributed by atoms with Gasteiger partial charge in [-0.1, -0.05) is 12.1 Å². The van der Waals surface area contributed by atoms with Crippen LogP contribution in [0, 0.1) is 19.8 Å². The van der Waals surface area contributed by atoms with Gasteiger partial charge in [0, 0.05) is 23.8 Å². The fourth-order valence-electron chi connectivity index (χ4n) is 6.47. The Morgan fingerprint density at radius 1 is 0.911 bits per heavy atom. The number of amides is 1. The number of nitrogens with one attached hydrogen (secondary N) is 3. The standard InChI is InChI=1S/C36H52N6O3/c1-23-11-14-28(21-24(23)2)38-34-40-30-9-8-10-31(44-22-25-12-19-29(20-13-25)42(6)7)32(30)33(41-34)37-26-15-17-27(18-16-26)39-35(43)45-36(3,4)5/h8-11,14,21,25-27,29H,12-13,15-20,22H2,1-7H3,(H,39,43)(H2,37,38,40,41). The van der Waals surface area contributed by atoms with Gasteiger partial charge in [0.1, 0.15) is 17.2 Å². The molecule has 0 unspecified atom stereocenters. The number of carbonyl (C=O) groups is 1. The van der Waals surface area contributed by atoms with Gasteiger partial charge in [-0.05, 0) is 141 Å². The molecule has 1 amide bonds. The quantitative estimate of drug-likeness (QED) is 0.225. The van der Waals surface area contributed by atoms with E-state index in [1.807, 2.05) is 39.0 Å². The number of aryl methyl sites for hydroxylation is 2. The second-order valence-corrected chi connectivity index (χ2v) is 14.3. The minimum Gasteiger partial charge on any atom is -0.492 e. The third kappa shape index (κ3) is 9.00. The molecule has 5 rings (SSSR count). The van der Waals surface area contributed by atoms with Crippen LogP contribution in [-0.4, -0.2) is 65.4 Å². The molecule has 2 saturated carbocycles. The molecule has 0 atom stereocenters. The molecule has 2 aliphatic carbocycles. The number of rotatable bonds is 9. The minimum absolute atomic E-state index is 0.100. The molecule has 3 N–H and O–H groups in total. The lowest BCUT2D eigenvalue weighted by atomic mass is 9.86.